The third kappa shape index (κ3) is 2.58. The van der Waals surface area contributed by atoms with Gasteiger partial charge in [-0.25, -0.2) is 9.97 Å². The van der Waals surface area contributed by atoms with Gasteiger partial charge in [0.15, 0.2) is 0 Å². The van der Waals surface area contributed by atoms with Crippen LogP contribution in [0.4, 0.5) is 5.82 Å². The zero-order valence-corrected chi connectivity index (χ0v) is 13.0. The molecule has 1 aliphatic rings. The Morgan fingerprint density at radius 2 is 2.16 bits per heavy atom. The summed E-state index contributed by atoms with van der Waals surface area (Å²) in [4.78, 5) is 8.85. The number of aryl methyl sites for hydroxylation is 1. The fourth-order valence-corrected chi connectivity index (χ4v) is 4.68. The molecule has 2 atom stereocenters. The molecule has 5 heteroatoms. The van der Waals surface area contributed by atoms with Gasteiger partial charge in [-0.05, 0) is 37.0 Å². The Morgan fingerprint density at radius 3 is 3.00 bits per heavy atom. The van der Waals surface area contributed by atoms with Gasteiger partial charge >= 0.3 is 0 Å². The third-order valence-electron chi connectivity index (χ3n) is 3.86. The summed E-state index contributed by atoms with van der Waals surface area (Å²) in [5.74, 6) is 1.02. The Hall–Kier alpha value is -0.810. The smallest absolute Gasteiger partial charge is 0.147 e. The Morgan fingerprint density at radius 1 is 1.32 bits per heavy atom. The average molecular weight is 293 g/mol. The van der Waals surface area contributed by atoms with Crippen molar-refractivity contribution in [1.29, 1.82) is 0 Å². The Balaban J connectivity index is 1.88. The van der Waals surface area contributed by atoms with Gasteiger partial charge in [-0.3, -0.25) is 0 Å². The molecule has 0 spiro atoms. The molecule has 3 nitrogen and oxygen atoms in total. The van der Waals surface area contributed by atoms with Crippen molar-refractivity contribution in [2.24, 2.45) is 0 Å². The van der Waals surface area contributed by atoms with Gasteiger partial charge in [-0.1, -0.05) is 12.8 Å². The van der Waals surface area contributed by atoms with Crippen molar-refractivity contribution in [1.82, 2.24) is 9.97 Å². The average Bonchev–Trinajstić information content (AvgIpc) is 2.82. The molecular formula is C14H19N3S2. The van der Waals surface area contributed by atoms with Crippen LogP contribution >= 0.6 is 23.1 Å². The van der Waals surface area contributed by atoms with Crippen LogP contribution in [0.5, 0.6) is 0 Å². The van der Waals surface area contributed by atoms with Crippen LogP contribution in [0.2, 0.25) is 0 Å². The first kappa shape index (κ1) is 13.2. The second-order valence-electron chi connectivity index (χ2n) is 5.13. The van der Waals surface area contributed by atoms with Gasteiger partial charge < -0.3 is 5.32 Å². The highest BCUT2D eigenvalue weighted by Crippen LogP contribution is 2.33. The molecule has 0 bridgehead atoms. The molecule has 1 saturated carbocycles. The van der Waals surface area contributed by atoms with E-state index in [1.807, 2.05) is 11.8 Å². The number of thioether (sulfide) groups is 1. The van der Waals surface area contributed by atoms with Crippen LogP contribution < -0.4 is 5.32 Å². The molecule has 2 aromatic rings. The lowest BCUT2D eigenvalue weighted by Crippen LogP contribution is -2.34. The van der Waals surface area contributed by atoms with E-state index in [-0.39, 0.29) is 0 Å². The third-order valence-corrected chi connectivity index (χ3v) is 6.12. The summed E-state index contributed by atoms with van der Waals surface area (Å²) in [6, 6.07) is 0.546. The molecule has 0 saturated heterocycles. The molecule has 2 unspecified atom stereocenters. The lowest BCUT2D eigenvalue weighted by atomic mass is 9.95. The summed E-state index contributed by atoms with van der Waals surface area (Å²) in [5.41, 5.74) is 2.34. The predicted octanol–water partition coefficient (Wildman–Crippen LogP) is 4.09. The maximum absolute atomic E-state index is 4.46. The number of anilines is 1. The zero-order valence-electron chi connectivity index (χ0n) is 11.3. The van der Waals surface area contributed by atoms with Crippen molar-refractivity contribution in [3.05, 3.63) is 17.3 Å². The Bertz CT molecular complexity index is 567. The van der Waals surface area contributed by atoms with E-state index in [0.717, 1.165) is 11.3 Å². The molecule has 19 heavy (non-hydrogen) atoms. The minimum Gasteiger partial charge on any atom is -0.365 e. The maximum Gasteiger partial charge on any atom is 0.147 e. The van der Waals surface area contributed by atoms with E-state index in [0.29, 0.717) is 11.3 Å². The van der Waals surface area contributed by atoms with E-state index in [9.17, 15) is 0 Å². The monoisotopic (exact) mass is 293 g/mol. The van der Waals surface area contributed by atoms with Gasteiger partial charge in [0, 0.05) is 11.3 Å². The number of hydrogen-bond acceptors (Lipinski definition) is 5. The highest BCUT2D eigenvalue weighted by atomic mass is 32.2. The number of nitrogens with zero attached hydrogens (tertiary/aromatic N) is 2. The van der Waals surface area contributed by atoms with E-state index < -0.39 is 0 Å². The van der Waals surface area contributed by atoms with E-state index >= 15 is 0 Å². The molecular weight excluding hydrogens is 274 g/mol. The summed E-state index contributed by atoms with van der Waals surface area (Å²) in [5, 5.41) is 6.55. The quantitative estimate of drug-likeness (QED) is 0.925. The van der Waals surface area contributed by atoms with Crippen molar-refractivity contribution < 1.29 is 0 Å². The highest BCUT2D eigenvalue weighted by Gasteiger charge is 2.25. The van der Waals surface area contributed by atoms with Crippen molar-refractivity contribution in [2.75, 3.05) is 11.6 Å². The molecule has 1 aliphatic carbocycles. The summed E-state index contributed by atoms with van der Waals surface area (Å²) < 4.78 is 1.20. The lowest BCUT2D eigenvalue weighted by molar-refractivity contribution is 0.474. The second kappa shape index (κ2) is 5.67. The van der Waals surface area contributed by atoms with E-state index in [1.54, 1.807) is 17.7 Å². The number of rotatable bonds is 3. The Kier molecular flexibility index (Phi) is 3.93. The lowest BCUT2D eigenvalue weighted by Gasteiger charge is -2.31. The maximum atomic E-state index is 4.46. The van der Waals surface area contributed by atoms with E-state index in [4.69, 9.17) is 0 Å². The largest absolute Gasteiger partial charge is 0.365 e. The number of fused-ring (bicyclic) bond motifs is 1. The number of aromatic nitrogens is 2. The molecule has 0 amide bonds. The summed E-state index contributed by atoms with van der Waals surface area (Å²) in [6.45, 7) is 2.11. The van der Waals surface area contributed by atoms with Crippen molar-refractivity contribution >= 4 is 39.1 Å². The van der Waals surface area contributed by atoms with Crippen LogP contribution in [0.1, 0.15) is 31.2 Å². The van der Waals surface area contributed by atoms with Crippen LogP contribution in [-0.4, -0.2) is 27.5 Å². The standard InChI is InChI=1S/C14H19N3S2/c1-9-7-19-13-12(9)15-8-16-14(13)17-10-5-3-4-6-11(10)18-2/h7-8,10-11H,3-6H2,1-2H3,(H,15,16,17). The highest BCUT2D eigenvalue weighted by molar-refractivity contribution is 7.99. The van der Waals surface area contributed by atoms with Gasteiger partial charge in [0.25, 0.3) is 0 Å². The van der Waals surface area contributed by atoms with Crippen molar-refractivity contribution in [2.45, 2.75) is 43.9 Å². The van der Waals surface area contributed by atoms with Gasteiger partial charge in [0.05, 0.1) is 10.2 Å². The van der Waals surface area contributed by atoms with Crippen LogP contribution in [0, 0.1) is 6.92 Å². The predicted molar refractivity (Wildman–Crippen MR) is 85.3 cm³/mol. The molecule has 0 radical (unpaired) electrons. The molecule has 2 aromatic heterocycles. The van der Waals surface area contributed by atoms with Crippen LogP contribution in [-0.2, 0) is 0 Å². The van der Waals surface area contributed by atoms with Crippen LogP contribution in [0.15, 0.2) is 11.7 Å². The van der Waals surface area contributed by atoms with Gasteiger partial charge in [0.1, 0.15) is 12.1 Å². The van der Waals surface area contributed by atoms with Crippen LogP contribution in [0.3, 0.4) is 0 Å². The first-order chi connectivity index (χ1) is 9.29. The molecule has 0 aliphatic heterocycles. The number of thiophene rings is 1. The summed E-state index contributed by atoms with van der Waals surface area (Å²) >= 11 is 3.72. The number of nitrogens with one attached hydrogen (secondary N) is 1. The molecule has 0 aromatic carbocycles. The fourth-order valence-electron chi connectivity index (χ4n) is 2.79. The molecule has 1 N–H and O–H groups in total. The second-order valence-corrected chi connectivity index (χ2v) is 7.08. The zero-order chi connectivity index (χ0) is 13.2. The van der Waals surface area contributed by atoms with E-state index in [2.05, 4.69) is 33.8 Å². The minimum absolute atomic E-state index is 0.546. The normalized spacial score (nSPS) is 23.7. The first-order valence-corrected chi connectivity index (χ1v) is 8.94. The van der Waals surface area contributed by atoms with Crippen molar-refractivity contribution in [3.63, 3.8) is 0 Å². The topological polar surface area (TPSA) is 37.8 Å². The van der Waals surface area contributed by atoms with Gasteiger partial charge in [0.2, 0.25) is 0 Å². The molecule has 1 fully saturated rings. The van der Waals surface area contributed by atoms with Gasteiger partial charge in [-0.15, -0.1) is 11.3 Å². The number of hydrogen-bond donors (Lipinski definition) is 1. The fraction of sp³-hybridized carbons (Fsp3) is 0.571. The minimum atomic E-state index is 0.546. The van der Waals surface area contributed by atoms with Crippen LogP contribution in [0.25, 0.3) is 10.2 Å². The SMILES string of the molecule is CSC1CCCCC1Nc1ncnc2c(C)csc12. The summed E-state index contributed by atoms with van der Waals surface area (Å²) in [7, 11) is 0. The molecule has 2 heterocycles. The van der Waals surface area contributed by atoms with Gasteiger partial charge in [-0.2, -0.15) is 11.8 Å². The first-order valence-electron chi connectivity index (χ1n) is 6.77. The molecule has 102 valence electrons. The van der Waals surface area contributed by atoms with Crippen molar-refractivity contribution in [3.8, 4) is 0 Å². The Labute approximate surface area is 122 Å². The summed E-state index contributed by atoms with van der Waals surface area (Å²) in [6.07, 6.45) is 9.15. The van der Waals surface area contributed by atoms with E-state index in [1.165, 1.54) is 35.9 Å². The molecule has 3 rings (SSSR count).